The van der Waals surface area contributed by atoms with Crippen molar-refractivity contribution in [2.75, 3.05) is 19.8 Å². The maximum absolute atomic E-state index is 13.1. The fraction of sp³-hybridized carbons (Fsp3) is 0.562. The highest BCUT2D eigenvalue weighted by Crippen LogP contribution is 2.28. The van der Waals surface area contributed by atoms with Crippen molar-refractivity contribution < 1.29 is 18.7 Å². The molecule has 2 fully saturated rings. The lowest BCUT2D eigenvalue weighted by atomic mass is 9.98. The number of halogens is 1. The van der Waals surface area contributed by atoms with Crippen LogP contribution in [0.1, 0.15) is 30.9 Å². The first kappa shape index (κ1) is 14.5. The summed E-state index contributed by atoms with van der Waals surface area (Å²) < 4.78 is 24.1. The highest BCUT2D eigenvalue weighted by Gasteiger charge is 2.32. The molecule has 5 heteroatoms. The number of nitrogens with one attached hydrogen (secondary N) is 1. The molecular weight excluding hydrogens is 273 g/mol. The molecule has 1 amide bonds. The number of rotatable bonds is 4. The lowest BCUT2D eigenvalue weighted by Crippen LogP contribution is -2.39. The summed E-state index contributed by atoms with van der Waals surface area (Å²) in [5.74, 6) is -0.368. The maximum atomic E-state index is 13.1. The van der Waals surface area contributed by atoms with Gasteiger partial charge < -0.3 is 14.8 Å². The van der Waals surface area contributed by atoms with Crippen molar-refractivity contribution in [3.63, 3.8) is 0 Å². The van der Waals surface area contributed by atoms with Crippen LogP contribution in [0.3, 0.4) is 0 Å². The predicted molar refractivity (Wildman–Crippen MR) is 75.2 cm³/mol. The van der Waals surface area contributed by atoms with Crippen LogP contribution in [-0.2, 0) is 14.3 Å². The summed E-state index contributed by atoms with van der Waals surface area (Å²) in [5.41, 5.74) is 0.885. The molecule has 0 radical (unpaired) electrons. The fourth-order valence-corrected chi connectivity index (χ4v) is 2.94. The second-order valence-electron chi connectivity index (χ2n) is 5.65. The minimum Gasteiger partial charge on any atom is -0.381 e. The molecule has 2 aliphatic rings. The van der Waals surface area contributed by atoms with Gasteiger partial charge in [0.15, 0.2) is 0 Å². The van der Waals surface area contributed by atoms with Crippen LogP contribution in [0.15, 0.2) is 24.3 Å². The van der Waals surface area contributed by atoms with Gasteiger partial charge >= 0.3 is 0 Å². The van der Waals surface area contributed by atoms with Crippen molar-refractivity contribution in [3.05, 3.63) is 35.6 Å². The molecule has 114 valence electrons. The van der Waals surface area contributed by atoms with E-state index >= 15 is 0 Å². The average molecular weight is 293 g/mol. The fourth-order valence-electron chi connectivity index (χ4n) is 2.94. The zero-order valence-corrected chi connectivity index (χ0v) is 11.9. The maximum Gasteiger partial charge on any atom is 0.226 e. The Labute approximate surface area is 123 Å². The third-order valence-electron chi connectivity index (χ3n) is 4.16. The largest absolute Gasteiger partial charge is 0.381 e. The first-order valence-electron chi connectivity index (χ1n) is 7.49. The second kappa shape index (κ2) is 6.54. The Morgan fingerprint density at radius 2 is 2.05 bits per heavy atom. The first-order chi connectivity index (χ1) is 10.2. The molecular formula is C16H20FNO3. The van der Waals surface area contributed by atoms with Crippen molar-refractivity contribution in [3.8, 4) is 0 Å². The van der Waals surface area contributed by atoms with E-state index in [1.165, 1.54) is 12.1 Å². The van der Waals surface area contributed by atoms with Crippen molar-refractivity contribution in [1.29, 1.82) is 0 Å². The number of hydrogen-bond acceptors (Lipinski definition) is 3. The lowest BCUT2D eigenvalue weighted by Gasteiger charge is -2.26. The summed E-state index contributed by atoms with van der Waals surface area (Å²) in [6.07, 6.45) is 2.61. The van der Waals surface area contributed by atoms with Gasteiger partial charge in [-0.3, -0.25) is 4.79 Å². The molecule has 1 aromatic carbocycles. The Morgan fingerprint density at radius 1 is 1.24 bits per heavy atom. The molecule has 21 heavy (non-hydrogen) atoms. The normalized spacial score (nSPS) is 26.7. The van der Waals surface area contributed by atoms with Gasteiger partial charge in [-0.15, -0.1) is 0 Å². The van der Waals surface area contributed by atoms with E-state index in [4.69, 9.17) is 9.47 Å². The van der Waals surface area contributed by atoms with E-state index < -0.39 is 0 Å². The molecule has 2 aliphatic heterocycles. The molecule has 2 saturated heterocycles. The molecule has 3 rings (SSSR count). The minimum absolute atomic E-state index is 0.00248. The Hall–Kier alpha value is -1.46. The SMILES string of the molecule is O=C(NC(c1ccc(F)cc1)C1CCCO1)C1CCOC1. The van der Waals surface area contributed by atoms with E-state index in [2.05, 4.69) is 5.32 Å². The van der Waals surface area contributed by atoms with Crippen LogP contribution in [0.4, 0.5) is 4.39 Å². The molecule has 0 aliphatic carbocycles. The van der Waals surface area contributed by atoms with Gasteiger partial charge in [-0.1, -0.05) is 12.1 Å². The quantitative estimate of drug-likeness (QED) is 0.926. The second-order valence-corrected chi connectivity index (χ2v) is 5.65. The molecule has 1 N–H and O–H groups in total. The summed E-state index contributed by atoms with van der Waals surface area (Å²) in [7, 11) is 0. The number of hydrogen-bond donors (Lipinski definition) is 1. The predicted octanol–water partition coefficient (Wildman–Crippen LogP) is 2.20. The van der Waals surface area contributed by atoms with Gasteiger partial charge in [-0.2, -0.15) is 0 Å². The molecule has 4 nitrogen and oxygen atoms in total. The highest BCUT2D eigenvalue weighted by molar-refractivity contribution is 5.79. The van der Waals surface area contributed by atoms with Crippen LogP contribution in [0.25, 0.3) is 0 Å². The molecule has 0 saturated carbocycles. The first-order valence-corrected chi connectivity index (χ1v) is 7.49. The average Bonchev–Trinajstić information content (AvgIpc) is 3.19. The summed E-state index contributed by atoms with van der Waals surface area (Å²) in [6, 6.07) is 6.05. The summed E-state index contributed by atoms with van der Waals surface area (Å²) >= 11 is 0. The van der Waals surface area contributed by atoms with Gasteiger partial charge in [-0.25, -0.2) is 4.39 Å². The minimum atomic E-state index is -0.277. The standard InChI is InChI=1S/C16H20FNO3/c17-13-5-3-11(4-6-13)15(14-2-1-8-21-14)18-16(19)12-7-9-20-10-12/h3-6,12,14-15H,1-2,7-10H2,(H,18,19). The molecule has 3 atom stereocenters. The van der Waals surface area contributed by atoms with Crippen molar-refractivity contribution in [1.82, 2.24) is 5.32 Å². The van der Waals surface area contributed by atoms with Gasteiger partial charge in [0.05, 0.1) is 24.7 Å². The molecule has 0 aromatic heterocycles. The zero-order valence-electron chi connectivity index (χ0n) is 11.9. The van der Waals surface area contributed by atoms with E-state index in [9.17, 15) is 9.18 Å². The van der Waals surface area contributed by atoms with Crippen LogP contribution >= 0.6 is 0 Å². The van der Waals surface area contributed by atoms with Crippen LogP contribution < -0.4 is 5.32 Å². The molecule has 1 aromatic rings. The Balaban J connectivity index is 1.75. The van der Waals surface area contributed by atoms with Crippen molar-refractivity contribution >= 4 is 5.91 Å². The smallest absolute Gasteiger partial charge is 0.226 e. The number of carbonyl (C=O) groups excluding carboxylic acids is 1. The van der Waals surface area contributed by atoms with Crippen molar-refractivity contribution in [2.24, 2.45) is 5.92 Å². The molecule has 0 spiro atoms. The van der Waals surface area contributed by atoms with Crippen molar-refractivity contribution in [2.45, 2.75) is 31.4 Å². The number of ether oxygens (including phenoxy) is 2. The monoisotopic (exact) mass is 293 g/mol. The van der Waals surface area contributed by atoms with E-state index in [1.54, 1.807) is 12.1 Å². The number of benzene rings is 1. The highest BCUT2D eigenvalue weighted by atomic mass is 19.1. The van der Waals surface area contributed by atoms with Gasteiger partial charge in [-0.05, 0) is 37.0 Å². The molecule has 0 bridgehead atoms. The van der Waals surface area contributed by atoms with Gasteiger partial charge in [0, 0.05) is 13.2 Å². The Morgan fingerprint density at radius 3 is 2.67 bits per heavy atom. The van der Waals surface area contributed by atoms with E-state index in [0.29, 0.717) is 19.8 Å². The van der Waals surface area contributed by atoms with Crippen LogP contribution in [0.5, 0.6) is 0 Å². The van der Waals surface area contributed by atoms with Gasteiger partial charge in [0.1, 0.15) is 5.82 Å². The van der Waals surface area contributed by atoms with E-state index in [1.807, 2.05) is 0 Å². The summed E-state index contributed by atoms with van der Waals surface area (Å²) in [5, 5.41) is 3.07. The molecule has 2 heterocycles. The Bertz CT molecular complexity index is 479. The lowest BCUT2D eigenvalue weighted by molar-refractivity contribution is -0.126. The summed E-state index contributed by atoms with van der Waals surface area (Å²) in [6.45, 7) is 1.83. The number of amides is 1. The summed E-state index contributed by atoms with van der Waals surface area (Å²) in [4.78, 5) is 12.3. The topological polar surface area (TPSA) is 47.6 Å². The number of carbonyl (C=O) groups is 1. The Kier molecular flexibility index (Phi) is 4.51. The van der Waals surface area contributed by atoms with Crippen LogP contribution in [0.2, 0.25) is 0 Å². The molecule has 3 unspecified atom stereocenters. The third kappa shape index (κ3) is 3.41. The van der Waals surface area contributed by atoms with E-state index in [0.717, 1.165) is 24.8 Å². The van der Waals surface area contributed by atoms with Crippen LogP contribution in [0, 0.1) is 11.7 Å². The zero-order chi connectivity index (χ0) is 14.7. The van der Waals surface area contributed by atoms with Gasteiger partial charge in [0.2, 0.25) is 5.91 Å². The van der Waals surface area contributed by atoms with Crippen LogP contribution in [-0.4, -0.2) is 31.8 Å². The third-order valence-corrected chi connectivity index (χ3v) is 4.16. The van der Waals surface area contributed by atoms with Gasteiger partial charge in [0.25, 0.3) is 0 Å². The van der Waals surface area contributed by atoms with E-state index in [-0.39, 0.29) is 29.8 Å².